The maximum atomic E-state index is 5.79. The molecule has 0 aliphatic heterocycles. The molecule has 0 radical (unpaired) electrons. The summed E-state index contributed by atoms with van der Waals surface area (Å²) in [5, 5.41) is 3.32. The highest BCUT2D eigenvalue weighted by Crippen LogP contribution is 2.30. The van der Waals surface area contributed by atoms with Gasteiger partial charge in [-0.2, -0.15) is 0 Å². The summed E-state index contributed by atoms with van der Waals surface area (Å²) in [5.41, 5.74) is 5.79. The molecule has 0 heterocycles. The molecule has 14 heavy (non-hydrogen) atoms. The van der Waals surface area contributed by atoms with Gasteiger partial charge in [-0.3, -0.25) is 4.99 Å². The van der Waals surface area contributed by atoms with Crippen LogP contribution in [0.25, 0.3) is 0 Å². The van der Waals surface area contributed by atoms with Crippen LogP contribution in [-0.4, -0.2) is 18.5 Å². The highest BCUT2D eigenvalue weighted by atomic mass is 15.1. The molecule has 0 amide bonds. The van der Waals surface area contributed by atoms with Gasteiger partial charge in [-0.1, -0.05) is 20.8 Å². The van der Waals surface area contributed by atoms with Crippen LogP contribution in [0, 0.1) is 11.8 Å². The molecule has 0 saturated heterocycles. The van der Waals surface area contributed by atoms with E-state index in [0.29, 0.717) is 17.9 Å². The first-order valence-corrected chi connectivity index (χ1v) is 5.71. The van der Waals surface area contributed by atoms with Crippen molar-refractivity contribution in [1.29, 1.82) is 0 Å². The Morgan fingerprint density at radius 3 is 2.64 bits per heavy atom. The maximum absolute atomic E-state index is 5.79. The van der Waals surface area contributed by atoms with Crippen LogP contribution in [0.15, 0.2) is 4.99 Å². The molecule has 3 heteroatoms. The van der Waals surface area contributed by atoms with E-state index in [1.165, 1.54) is 12.8 Å². The molecular weight excluding hydrogens is 174 g/mol. The van der Waals surface area contributed by atoms with Crippen molar-refractivity contribution < 1.29 is 0 Å². The molecule has 3 atom stereocenters. The Bertz CT molecular complexity index is 201. The molecule has 0 bridgehead atoms. The number of hydrogen-bond donors (Lipinski definition) is 2. The van der Waals surface area contributed by atoms with Crippen molar-refractivity contribution in [2.75, 3.05) is 6.54 Å². The van der Waals surface area contributed by atoms with Crippen LogP contribution in [0.4, 0.5) is 0 Å². The highest BCUT2D eigenvalue weighted by molar-refractivity contribution is 5.78. The molecule has 1 fully saturated rings. The van der Waals surface area contributed by atoms with E-state index in [0.717, 1.165) is 18.9 Å². The Morgan fingerprint density at radius 1 is 1.43 bits per heavy atom. The average Bonchev–Trinajstić information content (AvgIpc) is 2.46. The number of rotatable bonds is 3. The summed E-state index contributed by atoms with van der Waals surface area (Å²) in [6.07, 6.45) is 3.59. The van der Waals surface area contributed by atoms with Gasteiger partial charge < -0.3 is 11.1 Å². The van der Waals surface area contributed by atoms with Gasteiger partial charge in [-0.05, 0) is 31.1 Å². The lowest BCUT2D eigenvalue weighted by molar-refractivity contribution is 0.402. The molecule has 0 aromatic carbocycles. The molecule has 1 saturated carbocycles. The summed E-state index contributed by atoms with van der Waals surface area (Å²) >= 11 is 0. The standard InChI is InChI=1S/C11H23N3/c1-4-7-13-11(12)14-10-6-5-8(2)9(10)3/h8-10H,4-7H2,1-3H3,(H3,12,13,14). The molecule has 0 spiro atoms. The van der Waals surface area contributed by atoms with Crippen molar-refractivity contribution in [3.63, 3.8) is 0 Å². The molecular formula is C11H23N3. The summed E-state index contributed by atoms with van der Waals surface area (Å²) in [7, 11) is 0. The third kappa shape index (κ3) is 2.89. The Hall–Kier alpha value is -0.730. The molecule has 82 valence electrons. The fraction of sp³-hybridized carbons (Fsp3) is 0.909. The lowest BCUT2D eigenvalue weighted by Crippen LogP contribution is -2.42. The minimum absolute atomic E-state index is 0.533. The molecule has 1 aliphatic carbocycles. The normalized spacial score (nSPS) is 33.4. The van der Waals surface area contributed by atoms with Crippen molar-refractivity contribution in [2.24, 2.45) is 22.6 Å². The van der Waals surface area contributed by atoms with Crippen molar-refractivity contribution in [2.45, 2.75) is 46.1 Å². The number of nitrogens with one attached hydrogen (secondary N) is 1. The summed E-state index contributed by atoms with van der Waals surface area (Å²) in [6, 6.07) is 0.533. The second-order valence-electron chi connectivity index (χ2n) is 4.43. The Morgan fingerprint density at radius 2 is 2.14 bits per heavy atom. The summed E-state index contributed by atoms with van der Waals surface area (Å²) in [5.74, 6) is 2.15. The number of guanidine groups is 1. The molecule has 1 aliphatic rings. The minimum atomic E-state index is 0.533. The van der Waals surface area contributed by atoms with Gasteiger partial charge in [0.15, 0.2) is 5.96 Å². The molecule has 3 unspecified atom stereocenters. The number of aliphatic imine (C=N–C) groups is 1. The van der Waals surface area contributed by atoms with E-state index in [1.807, 2.05) is 0 Å². The van der Waals surface area contributed by atoms with E-state index >= 15 is 0 Å². The fourth-order valence-electron chi connectivity index (χ4n) is 2.04. The third-order valence-corrected chi connectivity index (χ3v) is 3.30. The van der Waals surface area contributed by atoms with Crippen LogP contribution in [0.1, 0.15) is 40.0 Å². The van der Waals surface area contributed by atoms with Gasteiger partial charge in [-0.25, -0.2) is 0 Å². The highest BCUT2D eigenvalue weighted by Gasteiger charge is 2.29. The van der Waals surface area contributed by atoms with Crippen LogP contribution in [0.3, 0.4) is 0 Å². The third-order valence-electron chi connectivity index (χ3n) is 3.30. The second-order valence-corrected chi connectivity index (χ2v) is 4.43. The number of hydrogen-bond acceptors (Lipinski definition) is 1. The first-order chi connectivity index (χ1) is 6.65. The minimum Gasteiger partial charge on any atom is -0.370 e. The molecule has 3 nitrogen and oxygen atoms in total. The lowest BCUT2D eigenvalue weighted by atomic mass is 9.98. The van der Waals surface area contributed by atoms with E-state index in [4.69, 9.17) is 5.73 Å². The van der Waals surface area contributed by atoms with Gasteiger partial charge in [0.1, 0.15) is 0 Å². The molecule has 0 aromatic heterocycles. The van der Waals surface area contributed by atoms with Crippen molar-refractivity contribution in [3.05, 3.63) is 0 Å². The first kappa shape index (κ1) is 11.3. The van der Waals surface area contributed by atoms with E-state index in [-0.39, 0.29) is 0 Å². The van der Waals surface area contributed by atoms with Gasteiger partial charge in [0.2, 0.25) is 0 Å². The molecule has 0 aromatic rings. The van der Waals surface area contributed by atoms with E-state index in [1.54, 1.807) is 0 Å². The van der Waals surface area contributed by atoms with E-state index in [9.17, 15) is 0 Å². The van der Waals surface area contributed by atoms with E-state index in [2.05, 4.69) is 31.1 Å². The van der Waals surface area contributed by atoms with Gasteiger partial charge in [-0.15, -0.1) is 0 Å². The predicted octanol–water partition coefficient (Wildman–Crippen LogP) is 1.74. The van der Waals surface area contributed by atoms with Crippen molar-refractivity contribution in [3.8, 4) is 0 Å². The largest absolute Gasteiger partial charge is 0.370 e. The second kappa shape index (κ2) is 5.23. The van der Waals surface area contributed by atoms with Crippen molar-refractivity contribution >= 4 is 5.96 Å². The van der Waals surface area contributed by atoms with Crippen molar-refractivity contribution in [1.82, 2.24) is 5.32 Å². The predicted molar refractivity (Wildman–Crippen MR) is 61.3 cm³/mol. The lowest BCUT2D eigenvalue weighted by Gasteiger charge is -2.20. The summed E-state index contributed by atoms with van der Waals surface area (Å²) in [6.45, 7) is 7.54. The van der Waals surface area contributed by atoms with Gasteiger partial charge in [0.05, 0.1) is 0 Å². The zero-order chi connectivity index (χ0) is 10.6. The van der Waals surface area contributed by atoms with Crippen LogP contribution in [-0.2, 0) is 0 Å². The SMILES string of the molecule is CCCN=C(N)NC1CCC(C)C1C. The number of nitrogens with two attached hydrogens (primary N) is 1. The van der Waals surface area contributed by atoms with Gasteiger partial charge in [0, 0.05) is 12.6 Å². The molecule has 1 rings (SSSR count). The van der Waals surface area contributed by atoms with Crippen LogP contribution in [0.2, 0.25) is 0 Å². The van der Waals surface area contributed by atoms with Gasteiger partial charge >= 0.3 is 0 Å². The van der Waals surface area contributed by atoms with Crippen LogP contribution < -0.4 is 11.1 Å². The quantitative estimate of drug-likeness (QED) is 0.535. The fourth-order valence-corrected chi connectivity index (χ4v) is 2.04. The topological polar surface area (TPSA) is 50.4 Å². The monoisotopic (exact) mass is 197 g/mol. The van der Waals surface area contributed by atoms with Gasteiger partial charge in [0.25, 0.3) is 0 Å². The average molecular weight is 197 g/mol. The Kier molecular flexibility index (Phi) is 4.23. The zero-order valence-electron chi connectivity index (χ0n) is 9.59. The summed E-state index contributed by atoms with van der Waals surface area (Å²) in [4.78, 5) is 4.25. The smallest absolute Gasteiger partial charge is 0.188 e. The van der Waals surface area contributed by atoms with Crippen LogP contribution >= 0.6 is 0 Å². The van der Waals surface area contributed by atoms with E-state index < -0.39 is 0 Å². The Balaban J connectivity index is 2.37. The summed E-state index contributed by atoms with van der Waals surface area (Å²) < 4.78 is 0. The maximum Gasteiger partial charge on any atom is 0.188 e. The zero-order valence-corrected chi connectivity index (χ0v) is 9.59. The van der Waals surface area contributed by atoms with Crippen LogP contribution in [0.5, 0.6) is 0 Å². The first-order valence-electron chi connectivity index (χ1n) is 5.71. The number of nitrogens with zero attached hydrogens (tertiary/aromatic N) is 1. The Labute approximate surface area is 87.2 Å². The molecule has 3 N–H and O–H groups in total.